The van der Waals surface area contributed by atoms with Crippen LogP contribution in [0.3, 0.4) is 0 Å². The first kappa shape index (κ1) is 19.3. The largest absolute Gasteiger partial charge is 1.00 e. The van der Waals surface area contributed by atoms with Crippen LogP contribution in [-0.4, -0.2) is 35.4 Å². The number of non-ortho nitro benzene ring substituents is 1. The minimum atomic E-state index is -1.50. The van der Waals surface area contributed by atoms with Gasteiger partial charge in [-0.15, -0.1) is 0 Å². The predicted molar refractivity (Wildman–Crippen MR) is 66.0 cm³/mol. The van der Waals surface area contributed by atoms with Crippen molar-refractivity contribution < 1.29 is 60.1 Å². The maximum atomic E-state index is 11.3. The smallest absolute Gasteiger partial charge is 1.00 e. The van der Waals surface area contributed by atoms with E-state index in [-0.39, 0.29) is 43.3 Å². The second-order valence-corrected chi connectivity index (χ2v) is 3.60. The van der Waals surface area contributed by atoms with E-state index in [2.05, 4.69) is 4.74 Å². The monoisotopic (exact) mass is 308 g/mol. The molecule has 10 heteroatoms. The van der Waals surface area contributed by atoms with Gasteiger partial charge in [0.25, 0.3) is 5.69 Å². The number of hydrogen-bond donors (Lipinski definition) is 2. The van der Waals surface area contributed by atoms with Gasteiger partial charge < -0.3 is 16.0 Å². The first-order chi connectivity index (χ1) is 9.43. The number of benzene rings is 1. The Morgan fingerprint density at radius 1 is 1.43 bits per heavy atom. The summed E-state index contributed by atoms with van der Waals surface area (Å²) in [5, 5.41) is 21.0. The summed E-state index contributed by atoms with van der Waals surface area (Å²) in [4.78, 5) is 31.8. The SMILES string of the molecule is COC(NC(=O)OCc1ccc([N+](=O)[O-])cc1)C(=O)O.[H-].[Na+]. The number of methoxy groups -OCH3 is 1. The number of ether oxygens (including phenoxy) is 2. The van der Waals surface area contributed by atoms with Gasteiger partial charge in [-0.05, 0) is 17.7 Å². The molecule has 1 rings (SSSR count). The Morgan fingerprint density at radius 2 is 2.00 bits per heavy atom. The maximum Gasteiger partial charge on any atom is 1.00 e. The Kier molecular flexibility index (Phi) is 8.55. The molecule has 0 heterocycles. The third-order valence-electron chi connectivity index (χ3n) is 2.23. The summed E-state index contributed by atoms with van der Waals surface area (Å²) in [6, 6.07) is 5.39. The molecule has 1 amide bonds. The summed E-state index contributed by atoms with van der Waals surface area (Å²) >= 11 is 0. The molecule has 0 aliphatic heterocycles. The molecule has 0 spiro atoms. The van der Waals surface area contributed by atoms with Crippen LogP contribution < -0.4 is 34.9 Å². The van der Waals surface area contributed by atoms with Gasteiger partial charge in [-0.2, -0.15) is 0 Å². The third kappa shape index (κ3) is 6.54. The Bertz CT molecular complexity index is 512. The van der Waals surface area contributed by atoms with Crippen molar-refractivity contribution in [2.75, 3.05) is 7.11 Å². The van der Waals surface area contributed by atoms with Crippen molar-refractivity contribution in [3.05, 3.63) is 39.9 Å². The molecule has 1 aromatic rings. The maximum absolute atomic E-state index is 11.3. The molecule has 1 atom stereocenters. The van der Waals surface area contributed by atoms with Crippen LogP contribution in [0.2, 0.25) is 0 Å². The predicted octanol–water partition coefficient (Wildman–Crippen LogP) is -2.01. The summed E-state index contributed by atoms with van der Waals surface area (Å²) in [6.45, 7) is -0.153. The molecule has 0 bridgehead atoms. The summed E-state index contributed by atoms with van der Waals surface area (Å²) in [5.74, 6) is -1.36. The Morgan fingerprint density at radius 3 is 2.43 bits per heavy atom. The molecular formula is C11H13N2NaO7. The van der Waals surface area contributed by atoms with Crippen LogP contribution in [0.5, 0.6) is 0 Å². The van der Waals surface area contributed by atoms with Crippen LogP contribution >= 0.6 is 0 Å². The van der Waals surface area contributed by atoms with Crippen molar-refractivity contribution >= 4 is 17.7 Å². The standard InChI is InChI=1S/C11H12N2O7.Na.H/c1-19-9(10(14)15)12-11(16)20-6-7-2-4-8(5-3-7)13(17)18;;/h2-5,9H,6H2,1H3,(H,12,16)(H,14,15);;/q;+1;-1. The number of rotatable bonds is 6. The van der Waals surface area contributed by atoms with Gasteiger partial charge in [-0.25, -0.2) is 9.59 Å². The van der Waals surface area contributed by atoms with E-state index >= 15 is 0 Å². The fraction of sp³-hybridized carbons (Fsp3) is 0.273. The zero-order valence-corrected chi connectivity index (χ0v) is 13.4. The Balaban J connectivity index is 0. The number of nitrogens with zero attached hydrogens (tertiary/aromatic N) is 1. The number of carboxylic acid groups (broad SMARTS) is 1. The van der Waals surface area contributed by atoms with Gasteiger partial charge in [0.2, 0.25) is 6.23 Å². The van der Waals surface area contributed by atoms with Gasteiger partial charge in [-0.1, -0.05) is 0 Å². The normalized spacial score (nSPS) is 10.9. The molecule has 0 aliphatic rings. The molecule has 1 aromatic carbocycles. The van der Waals surface area contributed by atoms with Gasteiger partial charge in [-0.3, -0.25) is 15.4 Å². The Hall–Kier alpha value is -1.68. The van der Waals surface area contributed by atoms with E-state index < -0.39 is 23.2 Å². The van der Waals surface area contributed by atoms with Crippen LogP contribution in [-0.2, 0) is 20.9 Å². The molecule has 9 nitrogen and oxygen atoms in total. The van der Waals surface area contributed by atoms with Crippen molar-refractivity contribution in [3.8, 4) is 0 Å². The molecule has 0 aliphatic carbocycles. The van der Waals surface area contributed by atoms with Crippen molar-refractivity contribution in [2.24, 2.45) is 0 Å². The number of alkyl carbamates (subject to hydrolysis) is 1. The van der Waals surface area contributed by atoms with E-state index in [9.17, 15) is 19.7 Å². The van der Waals surface area contributed by atoms with E-state index in [1.807, 2.05) is 5.32 Å². The fourth-order valence-corrected chi connectivity index (χ4v) is 1.23. The molecule has 0 saturated heterocycles. The summed E-state index contributed by atoms with van der Waals surface area (Å²) in [5.41, 5.74) is 0.443. The van der Waals surface area contributed by atoms with Gasteiger partial charge in [0.05, 0.1) is 4.92 Å². The summed E-state index contributed by atoms with van der Waals surface area (Å²) < 4.78 is 9.24. The van der Waals surface area contributed by atoms with Crippen LogP contribution in [0.4, 0.5) is 10.5 Å². The van der Waals surface area contributed by atoms with Crippen molar-refractivity contribution in [3.63, 3.8) is 0 Å². The Labute approximate surface area is 143 Å². The van der Waals surface area contributed by atoms with Gasteiger partial charge >= 0.3 is 41.6 Å². The van der Waals surface area contributed by atoms with Gasteiger partial charge in [0.1, 0.15) is 6.61 Å². The number of aliphatic carboxylic acids is 1. The first-order valence-electron chi connectivity index (χ1n) is 5.36. The van der Waals surface area contributed by atoms with E-state index in [0.717, 1.165) is 7.11 Å². The van der Waals surface area contributed by atoms with Gasteiger partial charge in [0, 0.05) is 19.2 Å². The molecule has 0 fully saturated rings. The van der Waals surface area contributed by atoms with E-state index in [4.69, 9.17) is 9.84 Å². The van der Waals surface area contributed by atoms with E-state index in [1.54, 1.807) is 0 Å². The number of amides is 1. The number of carbonyl (C=O) groups excluding carboxylic acids is 1. The topological polar surface area (TPSA) is 128 Å². The zero-order valence-electron chi connectivity index (χ0n) is 12.4. The second-order valence-electron chi connectivity index (χ2n) is 3.60. The second kappa shape index (κ2) is 9.29. The van der Waals surface area contributed by atoms with E-state index in [1.165, 1.54) is 24.3 Å². The average molecular weight is 308 g/mol. The molecule has 2 N–H and O–H groups in total. The quantitative estimate of drug-likeness (QED) is 0.269. The van der Waals surface area contributed by atoms with Gasteiger partial charge in [0.15, 0.2) is 0 Å². The fourth-order valence-electron chi connectivity index (χ4n) is 1.23. The zero-order chi connectivity index (χ0) is 15.1. The number of nitro benzene ring substituents is 1. The summed E-state index contributed by atoms with van der Waals surface area (Å²) in [7, 11) is 1.12. The summed E-state index contributed by atoms with van der Waals surface area (Å²) in [6.07, 6.45) is -2.48. The molecule has 0 radical (unpaired) electrons. The van der Waals surface area contributed by atoms with Crippen molar-refractivity contribution in [1.29, 1.82) is 0 Å². The number of nitro groups is 1. The number of carbonyl (C=O) groups is 2. The minimum absolute atomic E-state index is 0. The number of carboxylic acids is 1. The van der Waals surface area contributed by atoms with Crippen LogP contribution in [0.25, 0.3) is 0 Å². The molecule has 21 heavy (non-hydrogen) atoms. The van der Waals surface area contributed by atoms with Crippen LogP contribution in [0, 0.1) is 10.1 Å². The first-order valence-corrected chi connectivity index (χ1v) is 5.36. The van der Waals surface area contributed by atoms with Crippen LogP contribution in [0.1, 0.15) is 6.99 Å². The third-order valence-corrected chi connectivity index (χ3v) is 2.23. The van der Waals surface area contributed by atoms with E-state index in [0.29, 0.717) is 5.56 Å². The molecule has 110 valence electrons. The molecule has 0 saturated carbocycles. The number of nitrogens with one attached hydrogen (secondary N) is 1. The van der Waals surface area contributed by atoms with Crippen molar-refractivity contribution in [1.82, 2.24) is 5.32 Å². The average Bonchev–Trinajstić information content (AvgIpc) is 2.42. The van der Waals surface area contributed by atoms with Crippen LogP contribution in [0.15, 0.2) is 24.3 Å². The number of hydrogen-bond acceptors (Lipinski definition) is 6. The molecule has 1 unspecified atom stereocenters. The van der Waals surface area contributed by atoms with Crippen molar-refractivity contribution in [2.45, 2.75) is 12.8 Å². The molecular weight excluding hydrogens is 295 g/mol. The minimum Gasteiger partial charge on any atom is -1.00 e. The molecule has 0 aromatic heterocycles.